The molecule has 136 valence electrons. The van der Waals surface area contributed by atoms with Crippen LogP contribution in [0.4, 0.5) is 5.82 Å². The third-order valence-corrected chi connectivity index (χ3v) is 4.37. The summed E-state index contributed by atoms with van der Waals surface area (Å²) in [5.41, 5.74) is 1.04. The lowest BCUT2D eigenvalue weighted by molar-refractivity contribution is 0.161. The molecule has 1 aliphatic heterocycles. The van der Waals surface area contributed by atoms with Crippen molar-refractivity contribution in [1.29, 1.82) is 0 Å². The first-order chi connectivity index (χ1) is 12.2. The van der Waals surface area contributed by atoms with Crippen LogP contribution >= 0.6 is 0 Å². The lowest BCUT2D eigenvalue weighted by Gasteiger charge is -2.31. The van der Waals surface area contributed by atoms with Crippen molar-refractivity contribution in [3.63, 3.8) is 0 Å². The zero-order valence-electron chi connectivity index (χ0n) is 14.9. The molecule has 0 amide bonds. The van der Waals surface area contributed by atoms with Gasteiger partial charge in [-0.2, -0.15) is 10.1 Å². The number of nitrogens with one attached hydrogen (secondary N) is 1. The molecule has 0 unspecified atom stereocenters. The second-order valence-corrected chi connectivity index (χ2v) is 6.51. The second kappa shape index (κ2) is 8.87. The van der Waals surface area contributed by atoms with Crippen LogP contribution in [0.1, 0.15) is 30.3 Å². The number of aryl methyl sites for hydroxylation is 1. The molecule has 8 nitrogen and oxygen atoms in total. The summed E-state index contributed by atoms with van der Waals surface area (Å²) in [6, 6.07) is 4.05. The number of methoxy groups -OCH3 is 1. The predicted octanol–water partition coefficient (Wildman–Crippen LogP) is 1.68. The zero-order valence-corrected chi connectivity index (χ0v) is 14.9. The van der Waals surface area contributed by atoms with E-state index in [1.165, 1.54) is 12.8 Å². The van der Waals surface area contributed by atoms with Gasteiger partial charge in [-0.1, -0.05) is 5.16 Å². The molecule has 0 spiro atoms. The Labute approximate surface area is 148 Å². The van der Waals surface area contributed by atoms with E-state index in [-0.39, 0.29) is 0 Å². The van der Waals surface area contributed by atoms with Crippen LogP contribution in [0.5, 0.6) is 0 Å². The molecule has 1 N–H and O–H groups in total. The van der Waals surface area contributed by atoms with Gasteiger partial charge in [0.2, 0.25) is 5.89 Å². The summed E-state index contributed by atoms with van der Waals surface area (Å²) in [7, 11) is 1.68. The lowest BCUT2D eigenvalue weighted by Crippen LogP contribution is -2.36. The number of hydrogen-bond donors (Lipinski definition) is 1. The third kappa shape index (κ3) is 5.47. The lowest BCUT2D eigenvalue weighted by atomic mass is 9.93. The number of likely N-dealkylation sites (tertiary alicyclic amines) is 1. The first-order valence-electron chi connectivity index (χ1n) is 8.80. The highest BCUT2D eigenvalue weighted by molar-refractivity contribution is 5.32. The molecule has 2 aromatic rings. The van der Waals surface area contributed by atoms with Gasteiger partial charge >= 0.3 is 0 Å². The molecule has 25 heavy (non-hydrogen) atoms. The van der Waals surface area contributed by atoms with Gasteiger partial charge in [0, 0.05) is 27.1 Å². The van der Waals surface area contributed by atoms with Crippen molar-refractivity contribution in [3.8, 4) is 0 Å². The molecule has 1 aliphatic rings. The normalized spacial score (nSPS) is 18.4. The van der Waals surface area contributed by atoms with E-state index < -0.39 is 0 Å². The molecule has 1 fully saturated rings. The molecule has 0 aliphatic carbocycles. The monoisotopic (exact) mass is 346 g/mol. The van der Waals surface area contributed by atoms with Gasteiger partial charge in [-0.25, -0.2) is 0 Å². The average molecular weight is 346 g/mol. The highest BCUT2D eigenvalue weighted by atomic mass is 16.5. The first kappa shape index (κ1) is 17.8. The van der Waals surface area contributed by atoms with Crippen molar-refractivity contribution in [3.05, 3.63) is 29.5 Å². The fourth-order valence-electron chi connectivity index (χ4n) is 3.21. The number of ether oxygens (including phenoxy) is 1. The predicted molar refractivity (Wildman–Crippen MR) is 93.1 cm³/mol. The van der Waals surface area contributed by atoms with E-state index in [0.29, 0.717) is 18.4 Å². The minimum absolute atomic E-state index is 0.586. The van der Waals surface area contributed by atoms with E-state index in [9.17, 15) is 0 Å². The van der Waals surface area contributed by atoms with Crippen LogP contribution in [-0.4, -0.2) is 58.6 Å². The van der Waals surface area contributed by atoms with Gasteiger partial charge in [-0.05, 0) is 43.9 Å². The van der Waals surface area contributed by atoms with Gasteiger partial charge in [-0.3, -0.25) is 4.90 Å². The Morgan fingerprint density at radius 3 is 3.00 bits per heavy atom. The maximum Gasteiger partial charge on any atom is 0.223 e. The summed E-state index contributed by atoms with van der Waals surface area (Å²) in [5, 5.41) is 15.8. The Bertz CT molecular complexity index is 645. The number of hydrogen-bond acceptors (Lipinski definition) is 8. The summed E-state index contributed by atoms with van der Waals surface area (Å²) in [5.74, 6) is 2.77. The summed E-state index contributed by atoms with van der Waals surface area (Å²) < 4.78 is 10.1. The van der Waals surface area contributed by atoms with Crippen molar-refractivity contribution in [2.45, 2.75) is 32.7 Å². The first-order valence-corrected chi connectivity index (χ1v) is 8.80. The average Bonchev–Trinajstić information content (AvgIpc) is 3.02. The topological polar surface area (TPSA) is 89.2 Å². The molecule has 0 radical (unpaired) electrons. The smallest absolute Gasteiger partial charge is 0.223 e. The van der Waals surface area contributed by atoms with E-state index >= 15 is 0 Å². The maximum absolute atomic E-state index is 5.05. The molecule has 2 aromatic heterocycles. The molecule has 0 aromatic carbocycles. The van der Waals surface area contributed by atoms with Crippen LogP contribution in [0.2, 0.25) is 0 Å². The highest BCUT2D eigenvalue weighted by Crippen LogP contribution is 2.21. The van der Waals surface area contributed by atoms with Crippen molar-refractivity contribution >= 4 is 5.82 Å². The fraction of sp³-hybridized carbons (Fsp3) is 0.647. The SMILES string of the molecule is COCCNc1ccc(C[C@@H]2CCCN(Cc3noc(C)n3)C2)nn1. The number of rotatable bonds is 8. The number of aromatic nitrogens is 4. The second-order valence-electron chi connectivity index (χ2n) is 6.51. The highest BCUT2D eigenvalue weighted by Gasteiger charge is 2.22. The van der Waals surface area contributed by atoms with Crippen molar-refractivity contribution in [1.82, 2.24) is 25.2 Å². The van der Waals surface area contributed by atoms with Crippen LogP contribution in [0.3, 0.4) is 0 Å². The quantitative estimate of drug-likeness (QED) is 0.722. The van der Waals surface area contributed by atoms with Crippen LogP contribution in [-0.2, 0) is 17.7 Å². The van der Waals surface area contributed by atoms with Gasteiger partial charge in [-0.15, -0.1) is 5.10 Å². The van der Waals surface area contributed by atoms with E-state index in [1.807, 2.05) is 13.0 Å². The Hall–Kier alpha value is -2.06. The fourth-order valence-corrected chi connectivity index (χ4v) is 3.21. The summed E-state index contributed by atoms with van der Waals surface area (Å²) >= 11 is 0. The van der Waals surface area contributed by atoms with Gasteiger partial charge < -0.3 is 14.6 Å². The van der Waals surface area contributed by atoms with Crippen LogP contribution in [0.15, 0.2) is 16.7 Å². The van der Waals surface area contributed by atoms with Gasteiger partial charge in [0.25, 0.3) is 0 Å². The van der Waals surface area contributed by atoms with Gasteiger partial charge in [0.1, 0.15) is 5.82 Å². The molecule has 0 saturated carbocycles. The van der Waals surface area contributed by atoms with Crippen LogP contribution < -0.4 is 5.32 Å². The van der Waals surface area contributed by atoms with Gasteiger partial charge in [0.05, 0.1) is 18.8 Å². The number of nitrogens with zero attached hydrogens (tertiary/aromatic N) is 5. The largest absolute Gasteiger partial charge is 0.383 e. The van der Waals surface area contributed by atoms with E-state index in [4.69, 9.17) is 9.26 Å². The third-order valence-electron chi connectivity index (χ3n) is 4.37. The molecule has 3 heterocycles. The number of anilines is 1. The molecule has 3 rings (SSSR count). The molecular formula is C17H26N6O2. The van der Waals surface area contributed by atoms with E-state index in [1.54, 1.807) is 7.11 Å². The Balaban J connectivity index is 1.48. The molecular weight excluding hydrogens is 320 g/mol. The minimum atomic E-state index is 0.586. The van der Waals surface area contributed by atoms with E-state index in [2.05, 4.69) is 36.6 Å². The Morgan fingerprint density at radius 1 is 1.36 bits per heavy atom. The summed E-state index contributed by atoms with van der Waals surface area (Å²) in [6.45, 7) is 6.07. The molecule has 1 atom stereocenters. The summed E-state index contributed by atoms with van der Waals surface area (Å²) in [4.78, 5) is 6.69. The Morgan fingerprint density at radius 2 is 2.28 bits per heavy atom. The number of piperidine rings is 1. The van der Waals surface area contributed by atoms with Crippen LogP contribution in [0.25, 0.3) is 0 Å². The molecule has 8 heteroatoms. The van der Waals surface area contributed by atoms with Crippen molar-refractivity contribution < 1.29 is 9.26 Å². The minimum Gasteiger partial charge on any atom is -0.383 e. The van der Waals surface area contributed by atoms with Gasteiger partial charge in [0.15, 0.2) is 5.82 Å². The summed E-state index contributed by atoms with van der Waals surface area (Å²) in [6.07, 6.45) is 3.36. The zero-order chi connectivity index (χ0) is 17.5. The maximum atomic E-state index is 5.05. The van der Waals surface area contributed by atoms with Crippen LogP contribution in [0, 0.1) is 12.8 Å². The standard InChI is InChI=1S/C17H26N6O2/c1-13-19-17(22-25-13)12-23-8-3-4-14(11-23)10-15-5-6-16(21-20-15)18-7-9-24-2/h5-6,14H,3-4,7-12H2,1-2H3,(H,18,21)/t14-/m0/s1. The van der Waals surface area contributed by atoms with E-state index in [0.717, 1.165) is 49.9 Å². The molecule has 1 saturated heterocycles. The van der Waals surface area contributed by atoms with Crippen molar-refractivity contribution in [2.24, 2.45) is 5.92 Å². The van der Waals surface area contributed by atoms with Crippen molar-refractivity contribution in [2.75, 3.05) is 38.7 Å². The Kier molecular flexibility index (Phi) is 6.30. The molecule has 0 bridgehead atoms.